The maximum absolute atomic E-state index is 11.7. The molecule has 1 aliphatic rings. The fraction of sp³-hybridized carbons (Fsp3) is 0.562. The monoisotopic (exact) mass is 276 g/mol. The first-order valence-corrected chi connectivity index (χ1v) is 7.19. The van der Waals surface area contributed by atoms with Gasteiger partial charge in [0.25, 0.3) is 0 Å². The van der Waals surface area contributed by atoms with E-state index in [-0.39, 0.29) is 18.1 Å². The molecule has 1 aromatic carbocycles. The second-order valence-electron chi connectivity index (χ2n) is 6.02. The van der Waals surface area contributed by atoms with Crippen LogP contribution in [0.1, 0.15) is 37.8 Å². The van der Waals surface area contributed by atoms with Crippen LogP contribution in [0, 0.1) is 0 Å². The van der Waals surface area contributed by atoms with Gasteiger partial charge in [-0.1, -0.05) is 38.1 Å². The van der Waals surface area contributed by atoms with Crippen LogP contribution in [-0.4, -0.2) is 31.2 Å². The van der Waals surface area contributed by atoms with Gasteiger partial charge in [-0.15, -0.1) is 0 Å². The molecule has 1 fully saturated rings. The minimum atomic E-state index is -0.170. The van der Waals surface area contributed by atoms with E-state index in [0.717, 1.165) is 18.7 Å². The zero-order valence-electron chi connectivity index (χ0n) is 12.5. The normalized spacial score (nSPS) is 16.8. The van der Waals surface area contributed by atoms with E-state index in [9.17, 15) is 4.79 Å². The lowest BCUT2D eigenvalue weighted by molar-refractivity contribution is -0.136. The molecule has 110 valence electrons. The largest absolute Gasteiger partial charge is 0.363 e. The van der Waals surface area contributed by atoms with Gasteiger partial charge in [0.05, 0.1) is 5.60 Å². The predicted molar refractivity (Wildman–Crippen MR) is 79.6 cm³/mol. The Morgan fingerprint density at radius 1 is 1.35 bits per heavy atom. The lowest BCUT2D eigenvalue weighted by Gasteiger charge is -2.38. The summed E-state index contributed by atoms with van der Waals surface area (Å²) in [4.78, 5) is 11.7. The molecule has 1 heterocycles. The van der Waals surface area contributed by atoms with Gasteiger partial charge in [0.15, 0.2) is 0 Å². The molecule has 20 heavy (non-hydrogen) atoms. The van der Waals surface area contributed by atoms with Crippen molar-refractivity contribution in [3.63, 3.8) is 0 Å². The van der Waals surface area contributed by atoms with Gasteiger partial charge < -0.3 is 15.4 Å². The molecule has 0 spiro atoms. The van der Waals surface area contributed by atoms with E-state index in [0.29, 0.717) is 12.5 Å². The number of nitrogens with one attached hydrogen (secondary N) is 2. The van der Waals surface area contributed by atoms with Crippen molar-refractivity contribution in [2.24, 2.45) is 0 Å². The van der Waals surface area contributed by atoms with E-state index in [2.05, 4.69) is 48.7 Å². The van der Waals surface area contributed by atoms with Crippen molar-refractivity contribution in [3.8, 4) is 0 Å². The number of ether oxygens (including phenoxy) is 1. The summed E-state index contributed by atoms with van der Waals surface area (Å²) in [5.74, 6) is 0.468. The van der Waals surface area contributed by atoms with Crippen molar-refractivity contribution >= 4 is 5.91 Å². The van der Waals surface area contributed by atoms with Crippen LogP contribution in [0.25, 0.3) is 0 Å². The molecule has 0 bridgehead atoms. The van der Waals surface area contributed by atoms with Gasteiger partial charge in [-0.2, -0.15) is 0 Å². The third-order valence-electron chi connectivity index (χ3n) is 3.69. The van der Waals surface area contributed by atoms with Gasteiger partial charge in [0, 0.05) is 19.6 Å². The second kappa shape index (κ2) is 6.37. The molecule has 0 aromatic heterocycles. The van der Waals surface area contributed by atoms with Crippen LogP contribution in [0.3, 0.4) is 0 Å². The standard InChI is InChI=1S/C16H24N2O2/c1-12(2)14-6-4-13(5-7-14)8-18-15(19)9-20-16(3)10-17-11-16/h4-7,12,17H,8-11H2,1-3H3,(H,18,19). The van der Waals surface area contributed by atoms with Gasteiger partial charge in [0.1, 0.15) is 6.61 Å². The predicted octanol–water partition coefficient (Wildman–Crippen LogP) is 1.80. The quantitative estimate of drug-likeness (QED) is 0.833. The lowest BCUT2D eigenvalue weighted by Crippen LogP contribution is -2.59. The average molecular weight is 276 g/mol. The number of hydrogen-bond acceptors (Lipinski definition) is 3. The summed E-state index contributed by atoms with van der Waals surface area (Å²) in [5, 5.41) is 6.02. The molecule has 0 atom stereocenters. The van der Waals surface area contributed by atoms with Crippen molar-refractivity contribution in [1.82, 2.24) is 10.6 Å². The molecule has 0 saturated carbocycles. The zero-order chi connectivity index (χ0) is 14.6. The van der Waals surface area contributed by atoms with E-state index >= 15 is 0 Å². The molecule has 0 unspecified atom stereocenters. The maximum atomic E-state index is 11.7. The maximum Gasteiger partial charge on any atom is 0.246 e. The van der Waals surface area contributed by atoms with Gasteiger partial charge in [-0.25, -0.2) is 0 Å². The Kier molecular flexibility index (Phi) is 4.78. The third kappa shape index (κ3) is 4.05. The Labute approximate surface area is 120 Å². The molecule has 1 saturated heterocycles. The Bertz CT molecular complexity index is 450. The van der Waals surface area contributed by atoms with Crippen LogP contribution in [0.15, 0.2) is 24.3 Å². The van der Waals surface area contributed by atoms with Crippen LogP contribution < -0.4 is 10.6 Å². The third-order valence-corrected chi connectivity index (χ3v) is 3.69. The van der Waals surface area contributed by atoms with Gasteiger partial charge in [-0.05, 0) is 24.0 Å². The Morgan fingerprint density at radius 3 is 2.50 bits per heavy atom. The lowest BCUT2D eigenvalue weighted by atomic mass is 10.0. The van der Waals surface area contributed by atoms with Crippen LogP contribution in [0.2, 0.25) is 0 Å². The molecule has 1 amide bonds. The minimum absolute atomic E-state index is 0.0638. The van der Waals surface area contributed by atoms with E-state index < -0.39 is 0 Å². The van der Waals surface area contributed by atoms with E-state index in [1.807, 2.05) is 6.92 Å². The van der Waals surface area contributed by atoms with Crippen LogP contribution in [0.5, 0.6) is 0 Å². The fourth-order valence-electron chi connectivity index (χ4n) is 2.09. The highest BCUT2D eigenvalue weighted by atomic mass is 16.5. The number of rotatable bonds is 6. The zero-order valence-corrected chi connectivity index (χ0v) is 12.5. The molecule has 4 nitrogen and oxygen atoms in total. The number of benzene rings is 1. The van der Waals surface area contributed by atoms with Crippen LogP contribution in [-0.2, 0) is 16.1 Å². The molecule has 1 aromatic rings. The summed E-state index contributed by atoms with van der Waals surface area (Å²) in [7, 11) is 0. The van der Waals surface area contributed by atoms with Crippen molar-refractivity contribution in [2.45, 2.75) is 38.8 Å². The first-order chi connectivity index (χ1) is 9.48. The van der Waals surface area contributed by atoms with Crippen molar-refractivity contribution < 1.29 is 9.53 Å². The number of amides is 1. The minimum Gasteiger partial charge on any atom is -0.363 e. The molecule has 0 radical (unpaired) electrons. The topological polar surface area (TPSA) is 50.4 Å². The highest BCUT2D eigenvalue weighted by molar-refractivity contribution is 5.77. The summed E-state index contributed by atoms with van der Waals surface area (Å²) in [6, 6.07) is 8.36. The summed E-state index contributed by atoms with van der Waals surface area (Å²) < 4.78 is 5.59. The Hall–Kier alpha value is -1.39. The second-order valence-corrected chi connectivity index (χ2v) is 6.02. The summed E-state index contributed by atoms with van der Waals surface area (Å²) in [6.45, 7) is 8.67. The van der Waals surface area contributed by atoms with Gasteiger partial charge >= 0.3 is 0 Å². The van der Waals surface area contributed by atoms with Crippen molar-refractivity contribution in [1.29, 1.82) is 0 Å². The average Bonchev–Trinajstić information content (AvgIpc) is 2.41. The molecule has 0 aliphatic carbocycles. The number of hydrogen-bond donors (Lipinski definition) is 2. The van der Waals surface area contributed by atoms with Crippen LogP contribution in [0.4, 0.5) is 0 Å². The Balaban J connectivity index is 1.72. The van der Waals surface area contributed by atoms with Crippen molar-refractivity contribution in [3.05, 3.63) is 35.4 Å². The molecule has 1 aliphatic heterocycles. The van der Waals surface area contributed by atoms with Gasteiger partial charge in [0.2, 0.25) is 5.91 Å². The van der Waals surface area contributed by atoms with Crippen molar-refractivity contribution in [2.75, 3.05) is 19.7 Å². The fourth-order valence-corrected chi connectivity index (χ4v) is 2.09. The summed E-state index contributed by atoms with van der Waals surface area (Å²) in [5.41, 5.74) is 2.25. The first kappa shape index (κ1) is 15.0. The molecular formula is C16H24N2O2. The first-order valence-electron chi connectivity index (χ1n) is 7.19. The summed E-state index contributed by atoms with van der Waals surface area (Å²) in [6.07, 6.45) is 0. The Morgan fingerprint density at radius 2 is 2.00 bits per heavy atom. The van der Waals surface area contributed by atoms with Crippen LogP contribution >= 0.6 is 0 Å². The van der Waals surface area contributed by atoms with E-state index in [1.165, 1.54) is 5.56 Å². The summed E-state index contributed by atoms with van der Waals surface area (Å²) >= 11 is 0. The molecule has 2 rings (SSSR count). The number of carbonyl (C=O) groups is 1. The highest BCUT2D eigenvalue weighted by Gasteiger charge is 2.32. The van der Waals surface area contributed by atoms with E-state index in [1.54, 1.807) is 0 Å². The molecular weight excluding hydrogens is 252 g/mol. The molecule has 2 N–H and O–H groups in total. The smallest absolute Gasteiger partial charge is 0.246 e. The highest BCUT2D eigenvalue weighted by Crippen LogP contribution is 2.15. The van der Waals surface area contributed by atoms with Gasteiger partial charge in [-0.3, -0.25) is 4.79 Å². The molecule has 4 heteroatoms. The number of carbonyl (C=O) groups excluding carboxylic acids is 1. The SMILES string of the molecule is CC(C)c1ccc(CNC(=O)COC2(C)CNC2)cc1. The van der Waals surface area contributed by atoms with E-state index in [4.69, 9.17) is 4.74 Å².